The summed E-state index contributed by atoms with van der Waals surface area (Å²) in [5.41, 5.74) is 1.04. The molecular formula is C15H20N4O3. The lowest BCUT2D eigenvalue weighted by Crippen LogP contribution is -2.48. The van der Waals surface area contributed by atoms with E-state index >= 15 is 0 Å². The zero-order valence-electron chi connectivity index (χ0n) is 12.9. The number of rotatable bonds is 4. The second-order valence-corrected chi connectivity index (χ2v) is 6.33. The van der Waals surface area contributed by atoms with Gasteiger partial charge in [-0.3, -0.25) is 0 Å². The maximum atomic E-state index is 11.9. The van der Waals surface area contributed by atoms with Crippen LogP contribution in [-0.4, -0.2) is 37.8 Å². The molecule has 2 aromatic heterocycles. The number of hydrogen-bond acceptors (Lipinski definition) is 5. The minimum atomic E-state index is -1.03. The maximum Gasteiger partial charge on any atom is 0.413 e. The zero-order valence-corrected chi connectivity index (χ0v) is 12.9. The number of amides is 1. The Kier molecular flexibility index (Phi) is 3.52. The van der Waals surface area contributed by atoms with Crippen molar-refractivity contribution in [1.29, 1.82) is 0 Å². The number of hydrogen-bond donors (Lipinski definition) is 3. The van der Waals surface area contributed by atoms with Crippen LogP contribution in [0.15, 0.2) is 12.4 Å². The second-order valence-electron chi connectivity index (χ2n) is 6.33. The average molecular weight is 304 g/mol. The molecule has 0 spiro atoms. The molecule has 22 heavy (non-hydrogen) atoms. The Morgan fingerprint density at radius 3 is 2.91 bits per heavy atom. The van der Waals surface area contributed by atoms with Crippen molar-refractivity contribution in [3.63, 3.8) is 0 Å². The summed E-state index contributed by atoms with van der Waals surface area (Å²) < 4.78 is 5.29. The van der Waals surface area contributed by atoms with Gasteiger partial charge in [0.2, 0.25) is 0 Å². The summed E-state index contributed by atoms with van der Waals surface area (Å²) >= 11 is 0. The number of carbonyl (C=O) groups is 1. The molecule has 2 aromatic rings. The molecule has 2 heterocycles. The molecule has 7 nitrogen and oxygen atoms in total. The van der Waals surface area contributed by atoms with Crippen LogP contribution in [0.25, 0.3) is 11.2 Å². The predicted octanol–water partition coefficient (Wildman–Crippen LogP) is 2.08. The van der Waals surface area contributed by atoms with Gasteiger partial charge in [-0.25, -0.2) is 14.8 Å². The molecule has 3 N–H and O–H groups in total. The first-order valence-corrected chi connectivity index (χ1v) is 7.39. The molecular weight excluding hydrogens is 284 g/mol. The molecule has 0 aliphatic heterocycles. The van der Waals surface area contributed by atoms with Crippen molar-refractivity contribution in [3.8, 4) is 5.75 Å². The highest BCUT2D eigenvalue weighted by molar-refractivity contribution is 5.82. The van der Waals surface area contributed by atoms with E-state index in [4.69, 9.17) is 4.74 Å². The number of nitrogens with one attached hydrogen (secondary N) is 2. The lowest BCUT2D eigenvalue weighted by atomic mass is 10.0. The van der Waals surface area contributed by atoms with E-state index < -0.39 is 17.7 Å². The molecule has 1 atom stereocenters. The summed E-state index contributed by atoms with van der Waals surface area (Å²) in [6.07, 6.45) is 4.95. The van der Waals surface area contributed by atoms with Gasteiger partial charge < -0.3 is 20.1 Å². The van der Waals surface area contributed by atoms with E-state index in [1.165, 1.54) is 0 Å². The molecule has 7 heteroatoms. The molecule has 1 amide bonds. The highest BCUT2D eigenvalue weighted by Crippen LogP contribution is 2.39. The molecule has 0 radical (unpaired) electrons. The lowest BCUT2D eigenvalue weighted by molar-refractivity contribution is 0.0450. The van der Waals surface area contributed by atoms with Gasteiger partial charge in [-0.15, -0.1) is 0 Å². The van der Waals surface area contributed by atoms with E-state index in [-0.39, 0.29) is 0 Å². The van der Waals surface area contributed by atoms with E-state index in [2.05, 4.69) is 20.3 Å². The molecule has 3 rings (SSSR count). The molecule has 1 aliphatic carbocycles. The van der Waals surface area contributed by atoms with Crippen LogP contribution in [0.3, 0.4) is 0 Å². The molecule has 1 saturated carbocycles. The third-order valence-corrected chi connectivity index (χ3v) is 3.96. The van der Waals surface area contributed by atoms with Gasteiger partial charge in [-0.2, -0.15) is 0 Å². The molecule has 0 aromatic carbocycles. The Labute approximate surface area is 128 Å². The van der Waals surface area contributed by atoms with Crippen LogP contribution in [0, 0.1) is 0 Å². The minimum Gasteiger partial charge on any atom is -0.406 e. The average Bonchev–Trinajstić information content (AvgIpc) is 3.21. The fourth-order valence-electron chi connectivity index (χ4n) is 2.02. The lowest BCUT2D eigenvalue weighted by Gasteiger charge is -2.26. The largest absolute Gasteiger partial charge is 0.413 e. The van der Waals surface area contributed by atoms with Crippen molar-refractivity contribution in [2.75, 3.05) is 0 Å². The number of aliphatic hydroxyl groups is 1. The molecule has 0 unspecified atom stereocenters. The van der Waals surface area contributed by atoms with Gasteiger partial charge >= 0.3 is 6.09 Å². The standard InChI is InChI=1S/C15H20N4O3/c1-8(15(2,3)21)18-14(20)22-11-7-17-13-12(11)19-10(6-16-13)9-4-5-9/h6-9,21H,4-5H2,1-3H3,(H,16,17)(H,18,20)/t8-/m0/s1. The van der Waals surface area contributed by atoms with Gasteiger partial charge in [-0.1, -0.05) is 0 Å². The fourth-order valence-corrected chi connectivity index (χ4v) is 2.02. The van der Waals surface area contributed by atoms with Gasteiger partial charge in [0, 0.05) is 12.1 Å². The molecule has 0 saturated heterocycles. The van der Waals surface area contributed by atoms with Gasteiger partial charge in [0.15, 0.2) is 16.9 Å². The van der Waals surface area contributed by atoms with Crippen LogP contribution in [0.5, 0.6) is 5.75 Å². The van der Waals surface area contributed by atoms with Crippen LogP contribution >= 0.6 is 0 Å². The maximum absolute atomic E-state index is 11.9. The molecule has 118 valence electrons. The summed E-state index contributed by atoms with van der Waals surface area (Å²) in [5, 5.41) is 12.4. The molecule has 1 aliphatic rings. The molecule has 0 bridgehead atoms. The third kappa shape index (κ3) is 3.04. The number of H-pyrrole nitrogens is 1. The number of carbonyl (C=O) groups excluding carboxylic acids is 1. The van der Waals surface area contributed by atoms with Crippen LogP contribution in [0.4, 0.5) is 4.79 Å². The van der Waals surface area contributed by atoms with E-state index in [0.717, 1.165) is 18.5 Å². The first-order chi connectivity index (χ1) is 10.3. The minimum absolute atomic E-state index is 0.338. The number of aromatic nitrogens is 3. The van der Waals surface area contributed by atoms with Crippen molar-refractivity contribution in [2.45, 2.75) is 51.2 Å². The summed E-state index contributed by atoms with van der Waals surface area (Å²) in [4.78, 5) is 23.7. The molecule has 1 fully saturated rings. The van der Waals surface area contributed by atoms with Crippen LogP contribution < -0.4 is 10.1 Å². The quantitative estimate of drug-likeness (QED) is 0.803. The van der Waals surface area contributed by atoms with E-state index in [9.17, 15) is 9.90 Å². The summed E-state index contributed by atoms with van der Waals surface area (Å²) in [6, 6.07) is -0.446. The first-order valence-electron chi connectivity index (χ1n) is 7.39. The first kappa shape index (κ1) is 14.8. The van der Waals surface area contributed by atoms with Crippen molar-refractivity contribution < 1.29 is 14.6 Å². The third-order valence-electron chi connectivity index (χ3n) is 3.96. The van der Waals surface area contributed by atoms with Crippen molar-refractivity contribution in [2.24, 2.45) is 0 Å². The van der Waals surface area contributed by atoms with Crippen LogP contribution in [0.2, 0.25) is 0 Å². The smallest absolute Gasteiger partial charge is 0.406 e. The van der Waals surface area contributed by atoms with E-state index in [1.807, 2.05) is 0 Å². The Hall–Kier alpha value is -2.15. The normalized spacial score (nSPS) is 16.5. The number of fused-ring (bicyclic) bond motifs is 1. The Morgan fingerprint density at radius 2 is 2.27 bits per heavy atom. The predicted molar refractivity (Wildman–Crippen MR) is 80.8 cm³/mol. The monoisotopic (exact) mass is 304 g/mol. The Morgan fingerprint density at radius 1 is 1.55 bits per heavy atom. The van der Waals surface area contributed by atoms with Crippen LogP contribution in [-0.2, 0) is 0 Å². The number of nitrogens with zero attached hydrogens (tertiary/aromatic N) is 2. The summed E-state index contributed by atoms with van der Waals surface area (Å²) in [5.74, 6) is 0.814. The van der Waals surface area contributed by atoms with E-state index in [0.29, 0.717) is 22.8 Å². The summed E-state index contributed by atoms with van der Waals surface area (Å²) in [6.45, 7) is 4.95. The number of ether oxygens (including phenoxy) is 1. The highest BCUT2D eigenvalue weighted by atomic mass is 16.6. The van der Waals surface area contributed by atoms with Crippen molar-refractivity contribution >= 4 is 17.3 Å². The van der Waals surface area contributed by atoms with Crippen molar-refractivity contribution in [1.82, 2.24) is 20.3 Å². The Balaban J connectivity index is 1.75. The van der Waals surface area contributed by atoms with Gasteiger partial charge in [0.05, 0.1) is 23.5 Å². The van der Waals surface area contributed by atoms with Gasteiger partial charge in [-0.05, 0) is 33.6 Å². The van der Waals surface area contributed by atoms with Crippen molar-refractivity contribution in [3.05, 3.63) is 18.1 Å². The number of aromatic amines is 1. The Bertz CT molecular complexity index is 700. The van der Waals surface area contributed by atoms with E-state index in [1.54, 1.807) is 33.2 Å². The highest BCUT2D eigenvalue weighted by Gasteiger charge is 2.27. The van der Waals surface area contributed by atoms with Gasteiger partial charge in [0.25, 0.3) is 0 Å². The zero-order chi connectivity index (χ0) is 15.9. The SMILES string of the molecule is C[C@H](NC(=O)Oc1c[nH]c2ncc(C3CC3)nc12)C(C)(C)O. The van der Waals surface area contributed by atoms with Crippen LogP contribution in [0.1, 0.15) is 45.2 Å². The second kappa shape index (κ2) is 5.24. The topological polar surface area (TPSA) is 100 Å². The summed E-state index contributed by atoms with van der Waals surface area (Å²) in [7, 11) is 0. The fraction of sp³-hybridized carbons (Fsp3) is 0.533. The van der Waals surface area contributed by atoms with Gasteiger partial charge in [0.1, 0.15) is 0 Å².